The van der Waals surface area contributed by atoms with Crippen LogP contribution in [0, 0.1) is 13.8 Å². The lowest BCUT2D eigenvalue weighted by atomic mass is 9.93. The molecular weight excluding hydrogens is 424 g/mol. The molecule has 9 nitrogen and oxygen atoms in total. The minimum atomic E-state index is -0.823. The largest absolute Gasteiger partial charge is 0.507 e. The molecule has 9 heteroatoms. The van der Waals surface area contributed by atoms with Gasteiger partial charge >= 0.3 is 0 Å². The molecule has 178 valence electrons. The number of hydrogen-bond acceptors (Lipinski definition) is 7. The minimum absolute atomic E-state index is 0.0237. The van der Waals surface area contributed by atoms with Crippen LogP contribution in [0.3, 0.4) is 0 Å². The Bertz CT molecular complexity index is 1100. The van der Waals surface area contributed by atoms with E-state index in [9.17, 15) is 14.7 Å². The maximum atomic E-state index is 13.3. The van der Waals surface area contributed by atoms with E-state index in [-0.39, 0.29) is 11.3 Å². The number of aromatic nitrogens is 2. The minimum Gasteiger partial charge on any atom is -0.507 e. The predicted molar refractivity (Wildman–Crippen MR) is 124 cm³/mol. The van der Waals surface area contributed by atoms with Gasteiger partial charge in [0.1, 0.15) is 5.76 Å². The second-order valence-electron chi connectivity index (χ2n) is 8.40. The molecule has 1 aromatic heterocycles. The summed E-state index contributed by atoms with van der Waals surface area (Å²) in [6, 6.07) is 4.48. The number of carbonyl (C=O) groups is 2. The van der Waals surface area contributed by atoms with Gasteiger partial charge in [-0.05, 0) is 47.0 Å². The van der Waals surface area contributed by atoms with Crippen LogP contribution in [0.25, 0.3) is 5.76 Å². The van der Waals surface area contributed by atoms with Crippen LogP contribution in [0.2, 0.25) is 0 Å². The molecule has 0 saturated carbocycles. The lowest BCUT2D eigenvalue weighted by molar-refractivity contribution is -0.140. The average molecular weight is 457 g/mol. The number of aliphatic hydroxyl groups is 1. The zero-order chi connectivity index (χ0) is 24.4. The number of nitrogens with zero attached hydrogens (tertiary/aromatic N) is 4. The third-order valence-corrected chi connectivity index (χ3v) is 6.02. The van der Waals surface area contributed by atoms with Crippen LogP contribution in [-0.2, 0) is 16.6 Å². The zero-order valence-electron chi connectivity index (χ0n) is 20.3. The van der Waals surface area contributed by atoms with Crippen LogP contribution < -0.4 is 9.47 Å². The Balaban J connectivity index is 2.25. The fourth-order valence-corrected chi connectivity index (χ4v) is 4.37. The Hall–Kier alpha value is -3.33. The van der Waals surface area contributed by atoms with E-state index in [1.807, 2.05) is 25.9 Å². The second kappa shape index (κ2) is 9.66. The van der Waals surface area contributed by atoms with Crippen molar-refractivity contribution >= 4 is 17.4 Å². The van der Waals surface area contributed by atoms with Crippen LogP contribution in [0.4, 0.5) is 0 Å². The first-order valence-corrected chi connectivity index (χ1v) is 10.8. The van der Waals surface area contributed by atoms with E-state index >= 15 is 0 Å². The normalized spacial score (nSPS) is 17.8. The molecule has 2 heterocycles. The molecule has 1 aromatic carbocycles. The first-order valence-electron chi connectivity index (χ1n) is 10.8. The molecule has 1 aliphatic heterocycles. The highest BCUT2D eigenvalue weighted by atomic mass is 16.5. The quantitative estimate of drug-likeness (QED) is 0.370. The Morgan fingerprint density at radius 3 is 2.42 bits per heavy atom. The van der Waals surface area contributed by atoms with Gasteiger partial charge in [0.25, 0.3) is 11.7 Å². The van der Waals surface area contributed by atoms with Crippen molar-refractivity contribution in [1.29, 1.82) is 0 Å². The van der Waals surface area contributed by atoms with Crippen LogP contribution in [0.5, 0.6) is 11.5 Å². The SMILES string of the molecule is COc1cccc([C@@H]2C(=C(O)c3c(C)nn(C)c3C)C(=O)C(=O)N2CCCN(C)C)c1OC. The lowest BCUT2D eigenvalue weighted by Crippen LogP contribution is -2.32. The zero-order valence-corrected chi connectivity index (χ0v) is 20.3. The number of para-hydroxylation sites is 1. The summed E-state index contributed by atoms with van der Waals surface area (Å²) in [6.07, 6.45) is 0.661. The van der Waals surface area contributed by atoms with Gasteiger partial charge in [0.2, 0.25) is 0 Å². The van der Waals surface area contributed by atoms with Gasteiger partial charge in [-0.15, -0.1) is 0 Å². The highest BCUT2D eigenvalue weighted by Crippen LogP contribution is 2.45. The molecule has 1 saturated heterocycles. The van der Waals surface area contributed by atoms with Crippen molar-refractivity contribution in [3.8, 4) is 11.5 Å². The van der Waals surface area contributed by atoms with E-state index in [4.69, 9.17) is 9.47 Å². The predicted octanol–water partition coefficient (Wildman–Crippen LogP) is 2.43. The van der Waals surface area contributed by atoms with Crippen molar-refractivity contribution in [1.82, 2.24) is 19.6 Å². The van der Waals surface area contributed by atoms with E-state index in [0.29, 0.717) is 47.0 Å². The first kappa shape index (κ1) is 24.3. The lowest BCUT2D eigenvalue weighted by Gasteiger charge is -2.27. The second-order valence-corrected chi connectivity index (χ2v) is 8.40. The third-order valence-electron chi connectivity index (χ3n) is 6.02. The number of aliphatic hydroxyl groups excluding tert-OH is 1. The maximum absolute atomic E-state index is 13.3. The molecule has 0 bridgehead atoms. The van der Waals surface area contributed by atoms with Crippen molar-refractivity contribution in [3.63, 3.8) is 0 Å². The number of amides is 1. The van der Waals surface area contributed by atoms with Crippen molar-refractivity contribution in [2.45, 2.75) is 26.3 Å². The van der Waals surface area contributed by atoms with E-state index in [0.717, 1.165) is 6.54 Å². The molecule has 0 spiro atoms. The number of aryl methyl sites for hydroxylation is 2. The van der Waals surface area contributed by atoms with Gasteiger partial charge in [-0.2, -0.15) is 5.10 Å². The molecule has 0 aliphatic carbocycles. The fraction of sp³-hybridized carbons (Fsp3) is 0.458. The van der Waals surface area contributed by atoms with Gasteiger partial charge in [0, 0.05) is 24.8 Å². The van der Waals surface area contributed by atoms with Crippen LogP contribution in [0.1, 0.15) is 35.0 Å². The topological polar surface area (TPSA) is 97.1 Å². The smallest absolute Gasteiger partial charge is 0.295 e. The number of ketones is 1. The third kappa shape index (κ3) is 4.32. The van der Waals surface area contributed by atoms with Gasteiger partial charge in [-0.3, -0.25) is 14.3 Å². The summed E-state index contributed by atoms with van der Waals surface area (Å²) in [5, 5.41) is 15.7. The van der Waals surface area contributed by atoms with Crippen LogP contribution in [0.15, 0.2) is 23.8 Å². The number of methoxy groups -OCH3 is 2. The number of ether oxygens (including phenoxy) is 2. The summed E-state index contributed by atoms with van der Waals surface area (Å²) in [7, 11) is 8.70. The Morgan fingerprint density at radius 2 is 1.88 bits per heavy atom. The van der Waals surface area contributed by atoms with Crippen molar-refractivity contribution in [3.05, 3.63) is 46.3 Å². The summed E-state index contributed by atoms with van der Waals surface area (Å²) in [5.41, 5.74) is 2.32. The molecule has 1 amide bonds. The van der Waals surface area contributed by atoms with Gasteiger partial charge in [-0.25, -0.2) is 0 Å². The van der Waals surface area contributed by atoms with Gasteiger partial charge in [0.15, 0.2) is 11.5 Å². The van der Waals surface area contributed by atoms with E-state index in [1.54, 1.807) is 36.9 Å². The summed E-state index contributed by atoms with van der Waals surface area (Å²) in [5.74, 6) is -0.724. The summed E-state index contributed by atoms with van der Waals surface area (Å²) in [4.78, 5) is 30.0. The molecular formula is C24H32N4O5. The molecule has 1 aliphatic rings. The van der Waals surface area contributed by atoms with E-state index < -0.39 is 17.7 Å². The Labute approximate surface area is 194 Å². The van der Waals surface area contributed by atoms with E-state index in [1.165, 1.54) is 19.1 Å². The molecule has 0 radical (unpaired) electrons. The summed E-state index contributed by atoms with van der Waals surface area (Å²) >= 11 is 0. The maximum Gasteiger partial charge on any atom is 0.295 e. The van der Waals surface area contributed by atoms with Crippen LogP contribution >= 0.6 is 0 Å². The number of hydrogen-bond donors (Lipinski definition) is 1. The molecule has 1 fully saturated rings. The number of carbonyl (C=O) groups excluding carboxylic acids is 2. The summed E-state index contributed by atoms with van der Waals surface area (Å²) < 4.78 is 12.7. The van der Waals surface area contributed by atoms with Gasteiger partial charge < -0.3 is 24.4 Å². The molecule has 2 aromatic rings. The van der Waals surface area contributed by atoms with Gasteiger partial charge in [0.05, 0.1) is 37.1 Å². The standard InChI is InChI=1S/C24H32N4O5/c1-14-18(15(2)27(5)25-14)21(29)19-20(16-10-8-11-17(32-6)23(16)33-7)28(24(31)22(19)30)13-9-12-26(3)4/h8,10-11,20,29H,9,12-13H2,1-7H3/t20-/m1/s1. The number of likely N-dealkylation sites (tertiary alicyclic amines) is 1. The monoisotopic (exact) mass is 456 g/mol. The number of rotatable bonds is 8. The molecule has 1 N–H and O–H groups in total. The fourth-order valence-electron chi connectivity index (χ4n) is 4.37. The number of benzene rings is 1. The Kier molecular flexibility index (Phi) is 7.12. The van der Waals surface area contributed by atoms with Gasteiger partial charge in [-0.1, -0.05) is 12.1 Å². The Morgan fingerprint density at radius 1 is 1.18 bits per heavy atom. The molecule has 1 atom stereocenters. The van der Waals surface area contributed by atoms with Crippen LogP contribution in [-0.4, -0.2) is 77.8 Å². The van der Waals surface area contributed by atoms with E-state index in [2.05, 4.69) is 5.10 Å². The highest BCUT2D eigenvalue weighted by Gasteiger charge is 2.47. The molecule has 0 unspecified atom stereocenters. The van der Waals surface area contributed by atoms with Crippen molar-refractivity contribution < 1.29 is 24.2 Å². The average Bonchev–Trinajstić information content (AvgIpc) is 3.18. The van der Waals surface area contributed by atoms with Crippen molar-refractivity contribution in [2.75, 3.05) is 41.4 Å². The summed E-state index contributed by atoms with van der Waals surface area (Å²) in [6.45, 7) is 4.65. The highest BCUT2D eigenvalue weighted by molar-refractivity contribution is 6.46. The van der Waals surface area contributed by atoms with Crippen molar-refractivity contribution in [2.24, 2.45) is 7.05 Å². The molecule has 33 heavy (non-hydrogen) atoms. The first-order chi connectivity index (χ1) is 15.6. The number of Topliss-reactive ketones (excluding diaryl/α,β-unsaturated/α-hetero) is 1. The molecule has 3 rings (SSSR count).